The molecule has 0 fully saturated rings. The first-order valence-corrected chi connectivity index (χ1v) is 10.5. The van der Waals surface area contributed by atoms with Crippen molar-refractivity contribution in [3.05, 3.63) is 83.1 Å². The molecule has 3 aromatic rings. The molecular formula is C25H28F3NO2. The lowest BCUT2D eigenvalue weighted by molar-refractivity contribution is -0.137. The fourth-order valence-electron chi connectivity index (χ4n) is 2.71. The minimum absolute atomic E-state index is 0.270. The van der Waals surface area contributed by atoms with Gasteiger partial charge in [-0.25, -0.2) is 4.98 Å². The van der Waals surface area contributed by atoms with Gasteiger partial charge in [0.15, 0.2) is 0 Å². The van der Waals surface area contributed by atoms with Crippen molar-refractivity contribution in [1.82, 2.24) is 4.98 Å². The van der Waals surface area contributed by atoms with Crippen LogP contribution >= 0.6 is 0 Å². The number of halogens is 3. The molecule has 0 saturated heterocycles. The summed E-state index contributed by atoms with van der Waals surface area (Å²) in [5, 5.41) is 0. The molecule has 3 rings (SSSR count). The van der Waals surface area contributed by atoms with E-state index in [2.05, 4.69) is 24.0 Å². The van der Waals surface area contributed by atoms with Crippen LogP contribution in [-0.4, -0.2) is 4.98 Å². The molecule has 3 nitrogen and oxygen atoms in total. The standard InChI is InChI=1S/C23H22F3NO2.C2H6/c1-2-3-4-17-7-12-21(13-8-17)28-15-20-16-29-22(27-20)14-9-18-5-10-19(11-6-18)23(24,25)26;1-2/h5-14,16H,2-4,15H2,1H3;1-2H3/b14-9+;. The molecule has 0 bridgehead atoms. The van der Waals surface area contributed by atoms with Crippen LogP contribution in [0.25, 0.3) is 12.2 Å². The Balaban J connectivity index is 0.00000166. The molecule has 31 heavy (non-hydrogen) atoms. The molecule has 166 valence electrons. The summed E-state index contributed by atoms with van der Waals surface area (Å²) in [5.41, 5.74) is 1.87. The Morgan fingerprint density at radius 2 is 1.65 bits per heavy atom. The number of aryl methyl sites for hydroxylation is 1. The van der Waals surface area contributed by atoms with Crippen LogP contribution in [0.2, 0.25) is 0 Å². The van der Waals surface area contributed by atoms with Crippen LogP contribution < -0.4 is 4.74 Å². The van der Waals surface area contributed by atoms with Crippen molar-refractivity contribution < 1.29 is 22.3 Å². The van der Waals surface area contributed by atoms with E-state index < -0.39 is 11.7 Å². The number of ether oxygens (including phenoxy) is 1. The lowest BCUT2D eigenvalue weighted by Gasteiger charge is -2.05. The zero-order valence-corrected chi connectivity index (χ0v) is 18.1. The van der Waals surface area contributed by atoms with Gasteiger partial charge in [-0.2, -0.15) is 13.2 Å². The minimum atomic E-state index is -4.34. The van der Waals surface area contributed by atoms with Gasteiger partial charge in [-0.1, -0.05) is 51.5 Å². The van der Waals surface area contributed by atoms with Crippen molar-refractivity contribution in [1.29, 1.82) is 0 Å². The monoisotopic (exact) mass is 431 g/mol. The fraction of sp³-hybridized carbons (Fsp3) is 0.320. The van der Waals surface area contributed by atoms with Gasteiger partial charge in [0.1, 0.15) is 24.3 Å². The second kappa shape index (κ2) is 12.0. The minimum Gasteiger partial charge on any atom is -0.487 e. The molecule has 0 atom stereocenters. The third-order valence-electron chi connectivity index (χ3n) is 4.35. The van der Waals surface area contributed by atoms with Crippen LogP contribution in [0.1, 0.15) is 61.9 Å². The van der Waals surface area contributed by atoms with Crippen molar-refractivity contribution in [2.24, 2.45) is 0 Å². The summed E-state index contributed by atoms with van der Waals surface area (Å²) in [7, 11) is 0. The molecule has 2 aromatic carbocycles. The second-order valence-corrected chi connectivity index (χ2v) is 6.67. The van der Waals surface area contributed by atoms with Gasteiger partial charge in [-0.15, -0.1) is 0 Å². The zero-order valence-electron chi connectivity index (χ0n) is 18.1. The van der Waals surface area contributed by atoms with Gasteiger partial charge in [-0.05, 0) is 54.3 Å². The van der Waals surface area contributed by atoms with Crippen LogP contribution in [0.3, 0.4) is 0 Å². The molecular weight excluding hydrogens is 403 g/mol. The first-order valence-electron chi connectivity index (χ1n) is 10.5. The summed E-state index contributed by atoms with van der Waals surface area (Å²) in [6.45, 7) is 6.44. The van der Waals surface area contributed by atoms with Gasteiger partial charge in [0.05, 0.1) is 5.56 Å². The van der Waals surface area contributed by atoms with Crippen molar-refractivity contribution in [2.75, 3.05) is 0 Å². The van der Waals surface area contributed by atoms with Crippen molar-refractivity contribution in [3.63, 3.8) is 0 Å². The van der Waals surface area contributed by atoms with E-state index in [1.165, 1.54) is 36.8 Å². The summed E-state index contributed by atoms with van der Waals surface area (Å²) in [4.78, 5) is 4.30. The topological polar surface area (TPSA) is 35.3 Å². The fourth-order valence-corrected chi connectivity index (χ4v) is 2.71. The van der Waals surface area contributed by atoms with Crippen molar-refractivity contribution >= 4 is 12.2 Å². The third-order valence-corrected chi connectivity index (χ3v) is 4.35. The number of hydrogen-bond donors (Lipinski definition) is 0. The Morgan fingerprint density at radius 1 is 0.968 bits per heavy atom. The van der Waals surface area contributed by atoms with Crippen LogP contribution in [-0.2, 0) is 19.2 Å². The van der Waals surface area contributed by atoms with Crippen LogP contribution in [0.15, 0.2) is 59.2 Å². The van der Waals surface area contributed by atoms with Gasteiger partial charge < -0.3 is 9.15 Å². The average Bonchev–Trinajstić information content (AvgIpc) is 3.24. The highest BCUT2D eigenvalue weighted by atomic mass is 19.4. The van der Waals surface area contributed by atoms with Crippen LogP contribution in [0.4, 0.5) is 13.2 Å². The number of hydrogen-bond acceptors (Lipinski definition) is 3. The summed E-state index contributed by atoms with van der Waals surface area (Å²) in [5.74, 6) is 1.12. The third kappa shape index (κ3) is 7.96. The largest absolute Gasteiger partial charge is 0.487 e. The highest BCUT2D eigenvalue weighted by Crippen LogP contribution is 2.29. The maximum atomic E-state index is 12.6. The van der Waals surface area contributed by atoms with Gasteiger partial charge in [0.2, 0.25) is 5.89 Å². The number of unbranched alkanes of at least 4 members (excludes halogenated alkanes) is 1. The molecule has 0 aliphatic rings. The molecule has 0 aliphatic heterocycles. The number of alkyl halides is 3. The molecule has 0 unspecified atom stereocenters. The van der Waals surface area contributed by atoms with E-state index in [0.717, 1.165) is 24.3 Å². The smallest absolute Gasteiger partial charge is 0.416 e. The van der Waals surface area contributed by atoms with E-state index in [-0.39, 0.29) is 6.61 Å². The molecule has 0 spiro atoms. The Bertz CT molecular complexity index is 927. The molecule has 6 heteroatoms. The number of aromatic nitrogens is 1. The molecule has 0 N–H and O–H groups in total. The van der Waals surface area contributed by atoms with Crippen LogP contribution in [0, 0.1) is 0 Å². The molecule has 0 saturated carbocycles. The van der Waals surface area contributed by atoms with Gasteiger partial charge >= 0.3 is 6.18 Å². The molecule has 0 radical (unpaired) electrons. The first kappa shape index (κ1) is 24.3. The van der Waals surface area contributed by atoms with Gasteiger partial charge in [-0.3, -0.25) is 0 Å². The Kier molecular flexibility index (Phi) is 9.38. The predicted molar refractivity (Wildman–Crippen MR) is 118 cm³/mol. The Labute approximate surface area is 181 Å². The molecule has 0 aliphatic carbocycles. The van der Waals surface area contributed by atoms with E-state index in [4.69, 9.17) is 9.15 Å². The maximum Gasteiger partial charge on any atom is 0.416 e. The lowest BCUT2D eigenvalue weighted by atomic mass is 10.1. The SMILES string of the molecule is CC.CCCCc1ccc(OCc2coc(/C=C/c3ccc(C(F)(F)F)cc3)n2)cc1. The summed E-state index contributed by atoms with van der Waals surface area (Å²) < 4.78 is 48.8. The predicted octanol–water partition coefficient (Wildman–Crippen LogP) is 7.81. The van der Waals surface area contributed by atoms with Gasteiger partial charge in [0.25, 0.3) is 0 Å². The summed E-state index contributed by atoms with van der Waals surface area (Å²) in [6, 6.07) is 12.9. The number of oxazole rings is 1. The normalized spacial score (nSPS) is 11.3. The second-order valence-electron chi connectivity index (χ2n) is 6.67. The maximum absolute atomic E-state index is 12.6. The highest BCUT2D eigenvalue weighted by molar-refractivity contribution is 5.66. The van der Waals surface area contributed by atoms with E-state index >= 15 is 0 Å². The molecule has 1 aromatic heterocycles. The van der Waals surface area contributed by atoms with E-state index in [1.54, 1.807) is 12.2 Å². The van der Waals surface area contributed by atoms with Crippen molar-refractivity contribution in [2.45, 2.75) is 52.8 Å². The average molecular weight is 431 g/mol. The molecule has 0 amide bonds. The summed E-state index contributed by atoms with van der Waals surface area (Å²) >= 11 is 0. The molecule has 1 heterocycles. The number of benzene rings is 2. The Hall–Kier alpha value is -3.02. The van der Waals surface area contributed by atoms with E-state index in [9.17, 15) is 13.2 Å². The van der Waals surface area contributed by atoms with E-state index in [0.29, 0.717) is 17.1 Å². The number of nitrogens with zero attached hydrogens (tertiary/aromatic N) is 1. The Morgan fingerprint density at radius 3 is 2.26 bits per heavy atom. The van der Waals surface area contributed by atoms with Crippen LogP contribution in [0.5, 0.6) is 5.75 Å². The lowest BCUT2D eigenvalue weighted by Crippen LogP contribution is -2.03. The van der Waals surface area contributed by atoms with Crippen molar-refractivity contribution in [3.8, 4) is 5.75 Å². The zero-order chi connectivity index (χ0) is 22.7. The highest BCUT2D eigenvalue weighted by Gasteiger charge is 2.29. The number of rotatable bonds is 8. The van der Waals surface area contributed by atoms with Gasteiger partial charge in [0, 0.05) is 6.08 Å². The quantitative estimate of drug-likeness (QED) is 0.365. The summed E-state index contributed by atoms with van der Waals surface area (Å²) in [6.07, 6.45) is 3.81. The van der Waals surface area contributed by atoms with E-state index in [1.807, 2.05) is 26.0 Å². The first-order chi connectivity index (χ1) is 14.9.